The lowest BCUT2D eigenvalue weighted by Crippen LogP contribution is -2.41. The fourth-order valence-electron chi connectivity index (χ4n) is 3.01. The van der Waals surface area contributed by atoms with Crippen LogP contribution in [0.15, 0.2) is 29.2 Å². The molecule has 1 aliphatic carbocycles. The van der Waals surface area contributed by atoms with E-state index < -0.39 is 10.8 Å². The average molecular weight is 297 g/mol. The lowest BCUT2D eigenvalue weighted by Gasteiger charge is -2.30. The Morgan fingerprint density at radius 3 is 2.50 bits per heavy atom. The van der Waals surface area contributed by atoms with Crippen molar-refractivity contribution in [3.8, 4) is 0 Å². The third-order valence-corrected chi connectivity index (χ3v) is 5.55. The van der Waals surface area contributed by atoms with Crippen LogP contribution in [0.1, 0.15) is 39.0 Å². The van der Waals surface area contributed by atoms with Gasteiger partial charge in [-0.1, -0.05) is 26.2 Å². The molecule has 0 spiro atoms. The van der Waals surface area contributed by atoms with Crippen LogP contribution in [-0.2, 0) is 10.8 Å². The van der Waals surface area contributed by atoms with Crippen LogP contribution in [0.5, 0.6) is 0 Å². The van der Waals surface area contributed by atoms with Gasteiger partial charge < -0.3 is 5.32 Å². The molecule has 1 aromatic rings. The Balaban J connectivity index is 1.99. The standard InChI is InChI=1S/C16H24FNOS/c1-2-18-16(13-6-4-3-5-7-13)12-20(19)15-10-8-14(17)9-11-15/h8-11,13,16,18H,2-7,12H2,1H3. The summed E-state index contributed by atoms with van der Waals surface area (Å²) >= 11 is 0. The van der Waals surface area contributed by atoms with E-state index in [2.05, 4.69) is 12.2 Å². The second-order valence-electron chi connectivity index (χ2n) is 5.53. The fraction of sp³-hybridized carbons (Fsp3) is 0.625. The highest BCUT2D eigenvalue weighted by Gasteiger charge is 2.25. The summed E-state index contributed by atoms with van der Waals surface area (Å²) in [7, 11) is -1.05. The summed E-state index contributed by atoms with van der Waals surface area (Å²) in [5.74, 6) is 0.985. The van der Waals surface area contributed by atoms with Crippen LogP contribution < -0.4 is 5.32 Å². The zero-order valence-electron chi connectivity index (χ0n) is 12.1. The number of hydrogen-bond acceptors (Lipinski definition) is 2. The molecule has 1 aromatic carbocycles. The number of benzene rings is 1. The normalized spacial score (nSPS) is 19.7. The Kier molecular flexibility index (Phi) is 6.17. The van der Waals surface area contributed by atoms with E-state index in [1.807, 2.05) is 0 Å². The maximum atomic E-state index is 12.9. The predicted octanol–water partition coefficient (Wildman–Crippen LogP) is 3.49. The van der Waals surface area contributed by atoms with E-state index in [-0.39, 0.29) is 5.82 Å². The summed E-state index contributed by atoms with van der Waals surface area (Å²) in [6.45, 7) is 3.00. The summed E-state index contributed by atoms with van der Waals surface area (Å²) < 4.78 is 25.3. The molecule has 112 valence electrons. The number of nitrogens with one attached hydrogen (secondary N) is 1. The second-order valence-corrected chi connectivity index (χ2v) is 7.02. The van der Waals surface area contributed by atoms with Crippen molar-refractivity contribution in [1.82, 2.24) is 5.32 Å². The van der Waals surface area contributed by atoms with Gasteiger partial charge in [0.1, 0.15) is 5.82 Å². The highest BCUT2D eigenvalue weighted by Crippen LogP contribution is 2.27. The van der Waals surface area contributed by atoms with Crippen molar-refractivity contribution in [3.63, 3.8) is 0 Å². The Morgan fingerprint density at radius 1 is 1.25 bits per heavy atom. The smallest absolute Gasteiger partial charge is 0.123 e. The summed E-state index contributed by atoms with van der Waals surface area (Å²) in [5, 5.41) is 3.50. The molecular formula is C16H24FNOS. The molecule has 20 heavy (non-hydrogen) atoms. The highest BCUT2D eigenvalue weighted by molar-refractivity contribution is 7.85. The molecule has 1 aliphatic rings. The van der Waals surface area contributed by atoms with E-state index in [0.717, 1.165) is 11.4 Å². The first-order valence-corrected chi connectivity index (χ1v) is 8.90. The monoisotopic (exact) mass is 297 g/mol. The molecule has 2 nitrogen and oxygen atoms in total. The molecule has 0 bridgehead atoms. The molecule has 0 heterocycles. The van der Waals surface area contributed by atoms with Crippen LogP contribution in [0, 0.1) is 11.7 Å². The van der Waals surface area contributed by atoms with Crippen molar-refractivity contribution in [2.75, 3.05) is 12.3 Å². The molecule has 1 saturated carbocycles. The van der Waals surface area contributed by atoms with E-state index in [0.29, 0.717) is 17.7 Å². The van der Waals surface area contributed by atoms with Gasteiger partial charge in [-0.05, 0) is 49.6 Å². The van der Waals surface area contributed by atoms with Crippen LogP contribution in [0.4, 0.5) is 4.39 Å². The van der Waals surface area contributed by atoms with Crippen molar-refractivity contribution in [2.45, 2.75) is 50.0 Å². The van der Waals surface area contributed by atoms with Gasteiger partial charge in [0.15, 0.2) is 0 Å². The maximum Gasteiger partial charge on any atom is 0.123 e. The molecule has 2 atom stereocenters. The van der Waals surface area contributed by atoms with Gasteiger partial charge in [0.25, 0.3) is 0 Å². The van der Waals surface area contributed by atoms with Crippen molar-refractivity contribution in [3.05, 3.63) is 30.1 Å². The quantitative estimate of drug-likeness (QED) is 0.871. The third kappa shape index (κ3) is 4.38. The number of hydrogen-bond donors (Lipinski definition) is 1. The zero-order chi connectivity index (χ0) is 14.4. The van der Waals surface area contributed by atoms with E-state index in [1.165, 1.54) is 44.2 Å². The predicted molar refractivity (Wildman–Crippen MR) is 81.7 cm³/mol. The molecule has 4 heteroatoms. The molecule has 2 rings (SSSR count). The Morgan fingerprint density at radius 2 is 1.90 bits per heavy atom. The maximum absolute atomic E-state index is 12.9. The van der Waals surface area contributed by atoms with Crippen LogP contribution in [0.25, 0.3) is 0 Å². The van der Waals surface area contributed by atoms with Crippen LogP contribution in [0.3, 0.4) is 0 Å². The van der Waals surface area contributed by atoms with Crippen molar-refractivity contribution in [2.24, 2.45) is 5.92 Å². The van der Waals surface area contributed by atoms with Crippen molar-refractivity contribution < 1.29 is 8.60 Å². The van der Waals surface area contributed by atoms with Gasteiger partial charge in [-0.3, -0.25) is 4.21 Å². The Bertz CT molecular complexity index is 429. The molecule has 2 unspecified atom stereocenters. The summed E-state index contributed by atoms with van der Waals surface area (Å²) in [4.78, 5) is 0.727. The van der Waals surface area contributed by atoms with Gasteiger partial charge in [0, 0.05) is 16.7 Å². The van der Waals surface area contributed by atoms with E-state index in [9.17, 15) is 8.60 Å². The van der Waals surface area contributed by atoms with Crippen LogP contribution in [-0.4, -0.2) is 22.5 Å². The van der Waals surface area contributed by atoms with E-state index in [4.69, 9.17) is 0 Å². The van der Waals surface area contributed by atoms with E-state index >= 15 is 0 Å². The molecule has 0 radical (unpaired) electrons. The molecule has 0 amide bonds. The topological polar surface area (TPSA) is 29.1 Å². The lowest BCUT2D eigenvalue weighted by molar-refractivity contribution is 0.287. The minimum atomic E-state index is -1.05. The summed E-state index contributed by atoms with van der Waals surface area (Å²) in [5.41, 5.74) is 0. The van der Waals surface area contributed by atoms with Crippen molar-refractivity contribution in [1.29, 1.82) is 0 Å². The Labute approximate surface area is 123 Å². The zero-order valence-corrected chi connectivity index (χ0v) is 12.9. The third-order valence-electron chi connectivity index (χ3n) is 4.09. The second kappa shape index (κ2) is 7.89. The van der Waals surface area contributed by atoms with E-state index in [1.54, 1.807) is 12.1 Å². The summed E-state index contributed by atoms with van der Waals surface area (Å²) in [6, 6.07) is 6.35. The lowest BCUT2D eigenvalue weighted by atomic mass is 9.84. The number of halogens is 1. The molecule has 0 aliphatic heterocycles. The molecule has 0 saturated heterocycles. The van der Waals surface area contributed by atoms with Gasteiger partial charge in [0.05, 0.1) is 10.8 Å². The first-order valence-electron chi connectivity index (χ1n) is 7.58. The molecule has 1 fully saturated rings. The van der Waals surface area contributed by atoms with Gasteiger partial charge in [-0.2, -0.15) is 0 Å². The van der Waals surface area contributed by atoms with Crippen molar-refractivity contribution >= 4 is 10.8 Å². The number of rotatable bonds is 6. The fourth-order valence-corrected chi connectivity index (χ4v) is 4.35. The van der Waals surface area contributed by atoms with Crippen LogP contribution in [0.2, 0.25) is 0 Å². The van der Waals surface area contributed by atoms with Gasteiger partial charge >= 0.3 is 0 Å². The SMILES string of the molecule is CCNC(CS(=O)c1ccc(F)cc1)C1CCCCC1. The largest absolute Gasteiger partial charge is 0.313 e. The van der Waals surface area contributed by atoms with Crippen LogP contribution >= 0.6 is 0 Å². The minimum absolute atomic E-state index is 0.277. The minimum Gasteiger partial charge on any atom is -0.313 e. The first kappa shape index (κ1) is 15.6. The van der Waals surface area contributed by atoms with Gasteiger partial charge in [0.2, 0.25) is 0 Å². The summed E-state index contributed by atoms with van der Waals surface area (Å²) in [6.07, 6.45) is 6.37. The Hall–Kier alpha value is -0.740. The molecular weight excluding hydrogens is 273 g/mol. The van der Waals surface area contributed by atoms with Gasteiger partial charge in [-0.15, -0.1) is 0 Å². The molecule has 0 aromatic heterocycles. The average Bonchev–Trinajstić information content (AvgIpc) is 2.48. The van der Waals surface area contributed by atoms with Gasteiger partial charge in [-0.25, -0.2) is 4.39 Å². The highest BCUT2D eigenvalue weighted by atomic mass is 32.2. The first-order chi connectivity index (χ1) is 9.70. The molecule has 1 N–H and O–H groups in total.